The number of benzene rings is 2. The van der Waals surface area contributed by atoms with Crippen LogP contribution in [0.3, 0.4) is 0 Å². The van der Waals surface area contributed by atoms with Crippen LogP contribution in [0.4, 0.5) is 0 Å². The fourth-order valence-electron chi connectivity index (χ4n) is 5.44. The van der Waals surface area contributed by atoms with Crippen LogP contribution in [0.5, 0.6) is 0 Å². The smallest absolute Gasteiger partial charge is 0.255 e. The van der Waals surface area contributed by atoms with E-state index in [1.54, 1.807) is 12.4 Å². The highest BCUT2D eigenvalue weighted by Gasteiger charge is 2.57. The van der Waals surface area contributed by atoms with Crippen molar-refractivity contribution in [1.82, 2.24) is 14.9 Å². The summed E-state index contributed by atoms with van der Waals surface area (Å²) in [7, 11) is 0. The maximum absolute atomic E-state index is 13.7. The van der Waals surface area contributed by atoms with Crippen molar-refractivity contribution in [1.29, 1.82) is 0 Å². The van der Waals surface area contributed by atoms with Crippen LogP contribution in [0.1, 0.15) is 35.2 Å². The number of rotatable bonds is 5. The summed E-state index contributed by atoms with van der Waals surface area (Å²) in [6.45, 7) is 0.104. The number of hydrogen-bond acceptors (Lipinski definition) is 3. The van der Waals surface area contributed by atoms with Crippen LogP contribution in [0.2, 0.25) is 0 Å². The van der Waals surface area contributed by atoms with Crippen LogP contribution >= 0.6 is 0 Å². The lowest BCUT2D eigenvalue weighted by atomic mass is 9.70. The van der Waals surface area contributed by atoms with Gasteiger partial charge in [0.05, 0.1) is 12.2 Å². The molecule has 3 aromatic rings. The Morgan fingerprint density at radius 3 is 2.69 bits per heavy atom. The van der Waals surface area contributed by atoms with Gasteiger partial charge in [0.2, 0.25) is 0 Å². The predicted octanol–water partition coefficient (Wildman–Crippen LogP) is 3.68. The molecule has 1 amide bonds. The number of imidazole rings is 1. The van der Waals surface area contributed by atoms with Crippen LogP contribution in [-0.2, 0) is 6.42 Å². The van der Waals surface area contributed by atoms with Crippen LogP contribution in [0.15, 0.2) is 67.0 Å². The van der Waals surface area contributed by atoms with Gasteiger partial charge in [0.25, 0.3) is 5.91 Å². The Hall–Kier alpha value is -2.92. The number of aromatic amines is 1. The summed E-state index contributed by atoms with van der Waals surface area (Å²) in [6.07, 6.45) is 7.09. The van der Waals surface area contributed by atoms with E-state index in [1.165, 1.54) is 5.56 Å². The molecule has 2 aliphatic rings. The third kappa shape index (κ3) is 2.97. The quantitative estimate of drug-likeness (QED) is 0.702. The first-order valence-electron chi connectivity index (χ1n) is 10.3. The number of nitrogens with one attached hydrogen (secondary N) is 1. The third-order valence-electron chi connectivity index (χ3n) is 6.71. The maximum atomic E-state index is 13.7. The molecule has 0 saturated carbocycles. The number of carbonyl (C=O) groups excluding carboxylic acids is 1. The van der Waals surface area contributed by atoms with Crippen molar-refractivity contribution in [3.8, 4) is 11.4 Å². The van der Waals surface area contributed by atoms with Gasteiger partial charge in [0.1, 0.15) is 5.82 Å². The standard InChI is InChI=1S/C24H25N3O2/c28-16-24(14-17-6-2-1-3-7-17)15-18-10-11-21(24)27(18)23(29)20-9-5-4-8-19(20)22-25-12-13-26-22/h1-9,12-13,18,21,28H,10-11,14-16H2,(H,25,26)/t18-,21+,24-/m1/s1. The van der Waals surface area contributed by atoms with Gasteiger partial charge in [-0.25, -0.2) is 4.98 Å². The highest BCUT2D eigenvalue weighted by Crippen LogP contribution is 2.52. The Kier molecular flexibility index (Phi) is 4.47. The van der Waals surface area contributed by atoms with Gasteiger partial charge < -0.3 is 15.0 Å². The van der Waals surface area contributed by atoms with E-state index in [0.29, 0.717) is 11.4 Å². The number of carbonyl (C=O) groups is 1. The van der Waals surface area contributed by atoms with Crippen LogP contribution in [0, 0.1) is 5.41 Å². The Bertz CT molecular complexity index is 1000. The van der Waals surface area contributed by atoms with Gasteiger partial charge >= 0.3 is 0 Å². The zero-order valence-corrected chi connectivity index (χ0v) is 16.3. The number of amides is 1. The van der Waals surface area contributed by atoms with E-state index in [4.69, 9.17) is 0 Å². The molecule has 2 fully saturated rings. The minimum atomic E-state index is -0.264. The molecule has 2 aromatic carbocycles. The van der Waals surface area contributed by atoms with Crippen molar-refractivity contribution < 1.29 is 9.90 Å². The van der Waals surface area contributed by atoms with Crippen LogP contribution < -0.4 is 0 Å². The zero-order chi connectivity index (χ0) is 19.8. The van der Waals surface area contributed by atoms with Gasteiger partial charge in [-0.05, 0) is 37.3 Å². The van der Waals surface area contributed by atoms with E-state index >= 15 is 0 Å². The lowest BCUT2D eigenvalue weighted by Gasteiger charge is -2.36. The van der Waals surface area contributed by atoms with E-state index < -0.39 is 0 Å². The molecule has 2 N–H and O–H groups in total. The summed E-state index contributed by atoms with van der Waals surface area (Å²) in [5.41, 5.74) is 2.45. The molecular weight excluding hydrogens is 362 g/mol. The molecule has 0 aliphatic carbocycles. The van der Waals surface area contributed by atoms with Crippen molar-refractivity contribution in [2.24, 2.45) is 5.41 Å². The Morgan fingerprint density at radius 2 is 1.93 bits per heavy atom. The fraction of sp³-hybridized carbons (Fsp3) is 0.333. The first-order valence-corrected chi connectivity index (χ1v) is 10.3. The molecule has 5 nitrogen and oxygen atoms in total. The van der Waals surface area contributed by atoms with Gasteiger partial charge in [-0.15, -0.1) is 0 Å². The van der Waals surface area contributed by atoms with Crippen molar-refractivity contribution in [2.75, 3.05) is 6.61 Å². The summed E-state index contributed by atoms with van der Waals surface area (Å²) >= 11 is 0. The molecule has 3 atom stereocenters. The molecule has 2 bridgehead atoms. The normalized spacial score (nSPS) is 25.5. The highest BCUT2D eigenvalue weighted by molar-refractivity contribution is 6.00. The molecule has 1 aromatic heterocycles. The lowest BCUT2D eigenvalue weighted by molar-refractivity contribution is 0.0571. The second-order valence-electron chi connectivity index (χ2n) is 8.33. The Morgan fingerprint density at radius 1 is 1.14 bits per heavy atom. The first-order chi connectivity index (χ1) is 14.2. The maximum Gasteiger partial charge on any atom is 0.255 e. The minimum absolute atomic E-state index is 0.0490. The van der Waals surface area contributed by atoms with E-state index in [0.717, 1.165) is 31.2 Å². The van der Waals surface area contributed by atoms with Crippen molar-refractivity contribution in [3.63, 3.8) is 0 Å². The number of fused-ring (bicyclic) bond motifs is 2. The second-order valence-corrected chi connectivity index (χ2v) is 8.33. The summed E-state index contributed by atoms with van der Waals surface area (Å²) in [4.78, 5) is 23.2. The van der Waals surface area contributed by atoms with Crippen molar-refractivity contribution >= 4 is 5.91 Å². The topological polar surface area (TPSA) is 69.2 Å². The molecule has 0 unspecified atom stereocenters. The summed E-state index contributed by atoms with van der Waals surface area (Å²) in [5, 5.41) is 10.4. The molecule has 0 spiro atoms. The SMILES string of the molecule is O=C(c1ccccc1-c1ncc[nH]1)N1[C@@H]2CC[C@H]1[C@](CO)(Cc1ccccc1)C2. The Labute approximate surface area is 170 Å². The van der Waals surface area contributed by atoms with Gasteiger partial charge in [-0.2, -0.15) is 0 Å². The monoisotopic (exact) mass is 387 g/mol. The minimum Gasteiger partial charge on any atom is -0.396 e. The number of aromatic nitrogens is 2. The number of hydrogen-bond donors (Lipinski definition) is 2. The van der Waals surface area contributed by atoms with Crippen molar-refractivity contribution in [2.45, 2.75) is 37.8 Å². The number of nitrogens with zero attached hydrogens (tertiary/aromatic N) is 2. The molecule has 2 aliphatic heterocycles. The van der Waals surface area contributed by atoms with Crippen LogP contribution in [0.25, 0.3) is 11.4 Å². The molecule has 148 valence electrons. The lowest BCUT2D eigenvalue weighted by Crippen LogP contribution is -2.44. The van der Waals surface area contributed by atoms with Gasteiger partial charge in [0, 0.05) is 35.5 Å². The molecule has 5 rings (SSSR count). The summed E-state index contributed by atoms with van der Waals surface area (Å²) in [5.74, 6) is 0.756. The van der Waals surface area contributed by atoms with E-state index in [-0.39, 0.29) is 30.0 Å². The van der Waals surface area contributed by atoms with Gasteiger partial charge in [-0.3, -0.25) is 4.79 Å². The van der Waals surface area contributed by atoms with E-state index in [1.807, 2.05) is 42.5 Å². The highest BCUT2D eigenvalue weighted by atomic mass is 16.3. The second kappa shape index (κ2) is 7.16. The third-order valence-corrected chi connectivity index (χ3v) is 6.71. The zero-order valence-electron chi connectivity index (χ0n) is 16.3. The number of aliphatic hydroxyl groups excluding tert-OH is 1. The average Bonchev–Trinajstić information content (AvgIpc) is 3.50. The number of aliphatic hydroxyl groups is 1. The molecule has 5 heteroatoms. The van der Waals surface area contributed by atoms with E-state index in [2.05, 4.69) is 27.0 Å². The van der Waals surface area contributed by atoms with E-state index in [9.17, 15) is 9.90 Å². The molecule has 2 saturated heterocycles. The molecular formula is C24H25N3O2. The first kappa shape index (κ1) is 18.1. The fourth-order valence-corrected chi connectivity index (χ4v) is 5.44. The summed E-state index contributed by atoms with van der Waals surface area (Å²) < 4.78 is 0. The predicted molar refractivity (Wildman–Crippen MR) is 111 cm³/mol. The van der Waals surface area contributed by atoms with Crippen LogP contribution in [-0.4, -0.2) is 44.6 Å². The molecule has 0 radical (unpaired) electrons. The average molecular weight is 387 g/mol. The summed E-state index contributed by atoms with van der Waals surface area (Å²) in [6, 6.07) is 18.2. The van der Waals surface area contributed by atoms with Crippen molar-refractivity contribution in [3.05, 3.63) is 78.1 Å². The Balaban J connectivity index is 1.48. The molecule has 3 heterocycles. The van der Waals surface area contributed by atoms with Gasteiger partial charge in [-0.1, -0.05) is 48.5 Å². The molecule has 29 heavy (non-hydrogen) atoms. The largest absolute Gasteiger partial charge is 0.396 e. The number of H-pyrrole nitrogens is 1. The van der Waals surface area contributed by atoms with Gasteiger partial charge in [0.15, 0.2) is 0 Å².